The largest absolute Gasteiger partial charge is 0.461 e. The molecule has 0 bridgehead atoms. The molecule has 2 heterocycles. The Hall–Kier alpha value is -2.24. The molecule has 5 nitrogen and oxygen atoms in total. The van der Waals surface area contributed by atoms with Gasteiger partial charge in [0, 0.05) is 22.7 Å². The molecular formula is C16H12Cl2N2O3. The second-order valence-corrected chi connectivity index (χ2v) is 5.64. The normalized spacial score (nSPS) is 10.7. The summed E-state index contributed by atoms with van der Waals surface area (Å²) in [4.78, 5) is 12.0. The van der Waals surface area contributed by atoms with Crippen molar-refractivity contribution in [1.29, 1.82) is 0 Å². The monoisotopic (exact) mass is 350 g/mol. The lowest BCUT2D eigenvalue weighted by Crippen LogP contribution is -2.26. The van der Waals surface area contributed by atoms with E-state index in [9.17, 15) is 4.79 Å². The maximum atomic E-state index is 12.0. The molecule has 0 aliphatic rings. The van der Waals surface area contributed by atoms with Gasteiger partial charge in [0.2, 0.25) is 5.76 Å². The van der Waals surface area contributed by atoms with Crippen molar-refractivity contribution >= 4 is 29.1 Å². The number of carbonyl (C=O) groups is 1. The molecule has 0 spiro atoms. The average Bonchev–Trinajstić information content (AvgIpc) is 3.20. The van der Waals surface area contributed by atoms with Gasteiger partial charge >= 0.3 is 0 Å². The summed E-state index contributed by atoms with van der Waals surface area (Å²) in [6.45, 7) is 0.420. The molecule has 7 heteroatoms. The molecule has 0 saturated carbocycles. The smallest absolute Gasteiger partial charge is 0.273 e. The number of halogens is 2. The Morgan fingerprint density at radius 1 is 1.17 bits per heavy atom. The standard InChI is InChI=1S/C16H12Cl2N2O3/c17-11-4-3-10(12(18)8-11)5-6-19-16(21)13-9-15(23-20-13)14-2-1-7-22-14/h1-4,7-9H,5-6H2,(H,19,21). The quantitative estimate of drug-likeness (QED) is 0.748. The van der Waals surface area contributed by atoms with Gasteiger partial charge in [0.05, 0.1) is 6.26 Å². The molecule has 23 heavy (non-hydrogen) atoms. The van der Waals surface area contributed by atoms with Crippen molar-refractivity contribution in [3.8, 4) is 11.5 Å². The van der Waals surface area contributed by atoms with Crippen molar-refractivity contribution in [2.45, 2.75) is 6.42 Å². The van der Waals surface area contributed by atoms with Crippen LogP contribution < -0.4 is 5.32 Å². The van der Waals surface area contributed by atoms with Crippen LogP contribution >= 0.6 is 23.2 Å². The van der Waals surface area contributed by atoms with E-state index in [0.717, 1.165) is 5.56 Å². The summed E-state index contributed by atoms with van der Waals surface area (Å²) in [5.41, 5.74) is 1.10. The number of benzene rings is 1. The van der Waals surface area contributed by atoms with Crippen molar-refractivity contribution in [1.82, 2.24) is 10.5 Å². The third kappa shape index (κ3) is 3.75. The first kappa shape index (κ1) is 15.6. The van der Waals surface area contributed by atoms with Crippen LogP contribution in [-0.2, 0) is 6.42 Å². The Labute approximate surface area is 142 Å². The number of hydrogen-bond donors (Lipinski definition) is 1. The van der Waals surface area contributed by atoms with Gasteiger partial charge in [-0.2, -0.15) is 0 Å². The molecule has 0 atom stereocenters. The van der Waals surface area contributed by atoms with Gasteiger partial charge in [0.25, 0.3) is 5.91 Å². The van der Waals surface area contributed by atoms with Crippen LogP contribution in [0, 0.1) is 0 Å². The molecule has 3 aromatic rings. The van der Waals surface area contributed by atoms with Crippen molar-refractivity contribution in [3.05, 3.63) is 64.0 Å². The highest BCUT2D eigenvalue weighted by Gasteiger charge is 2.14. The van der Waals surface area contributed by atoms with Crippen LogP contribution in [0.1, 0.15) is 16.1 Å². The molecule has 1 amide bonds. The highest BCUT2D eigenvalue weighted by atomic mass is 35.5. The molecule has 3 rings (SSSR count). The number of aromatic nitrogens is 1. The maximum absolute atomic E-state index is 12.0. The fourth-order valence-electron chi connectivity index (χ4n) is 2.04. The first-order valence-electron chi connectivity index (χ1n) is 6.86. The van der Waals surface area contributed by atoms with E-state index in [2.05, 4.69) is 10.5 Å². The Balaban J connectivity index is 1.57. The number of nitrogens with one attached hydrogen (secondary N) is 1. The van der Waals surface area contributed by atoms with Crippen molar-refractivity contribution in [3.63, 3.8) is 0 Å². The minimum atomic E-state index is -0.323. The van der Waals surface area contributed by atoms with Gasteiger partial charge < -0.3 is 14.3 Å². The molecule has 0 fully saturated rings. The fourth-order valence-corrected chi connectivity index (χ4v) is 2.55. The lowest BCUT2D eigenvalue weighted by atomic mass is 10.1. The Kier molecular flexibility index (Phi) is 4.69. The Bertz CT molecular complexity index is 813. The predicted molar refractivity (Wildman–Crippen MR) is 86.7 cm³/mol. The lowest BCUT2D eigenvalue weighted by molar-refractivity contribution is 0.0945. The summed E-state index contributed by atoms with van der Waals surface area (Å²) in [7, 11) is 0. The second kappa shape index (κ2) is 6.89. The molecule has 1 aromatic carbocycles. The van der Waals surface area contributed by atoms with Gasteiger partial charge in [0.15, 0.2) is 11.5 Å². The van der Waals surface area contributed by atoms with Crippen LogP contribution in [-0.4, -0.2) is 17.6 Å². The molecule has 0 unspecified atom stereocenters. The van der Waals surface area contributed by atoms with E-state index in [1.54, 1.807) is 24.3 Å². The first-order chi connectivity index (χ1) is 11.1. The van der Waals surface area contributed by atoms with E-state index < -0.39 is 0 Å². The Morgan fingerprint density at radius 3 is 2.78 bits per heavy atom. The lowest BCUT2D eigenvalue weighted by Gasteiger charge is -2.05. The summed E-state index contributed by atoms with van der Waals surface area (Å²) < 4.78 is 10.3. The van der Waals surface area contributed by atoms with E-state index >= 15 is 0 Å². The highest BCUT2D eigenvalue weighted by Crippen LogP contribution is 2.22. The highest BCUT2D eigenvalue weighted by molar-refractivity contribution is 6.35. The van der Waals surface area contributed by atoms with Gasteiger partial charge in [-0.3, -0.25) is 4.79 Å². The zero-order valence-electron chi connectivity index (χ0n) is 11.9. The number of amides is 1. The van der Waals surface area contributed by atoms with E-state index in [-0.39, 0.29) is 11.6 Å². The minimum Gasteiger partial charge on any atom is -0.461 e. The van der Waals surface area contributed by atoms with Crippen molar-refractivity contribution in [2.24, 2.45) is 0 Å². The third-order valence-electron chi connectivity index (χ3n) is 3.20. The number of rotatable bonds is 5. The van der Waals surface area contributed by atoms with Gasteiger partial charge in [-0.05, 0) is 36.2 Å². The zero-order chi connectivity index (χ0) is 16.2. The van der Waals surface area contributed by atoms with Crippen LogP contribution in [0.15, 0.2) is 51.6 Å². The average molecular weight is 351 g/mol. The van der Waals surface area contributed by atoms with E-state index in [1.165, 1.54) is 12.3 Å². The van der Waals surface area contributed by atoms with E-state index in [0.29, 0.717) is 34.5 Å². The predicted octanol–water partition coefficient (Wildman–Crippen LogP) is 4.21. The van der Waals surface area contributed by atoms with Crippen LogP contribution in [0.5, 0.6) is 0 Å². The molecule has 1 N–H and O–H groups in total. The summed E-state index contributed by atoms with van der Waals surface area (Å²) in [6, 6.07) is 10.3. The van der Waals surface area contributed by atoms with Gasteiger partial charge in [-0.15, -0.1) is 0 Å². The molecule has 118 valence electrons. The molecule has 0 radical (unpaired) electrons. The summed E-state index contributed by atoms with van der Waals surface area (Å²) in [5, 5.41) is 7.66. The molecule has 2 aromatic heterocycles. The third-order valence-corrected chi connectivity index (χ3v) is 3.79. The topological polar surface area (TPSA) is 68.3 Å². The number of hydrogen-bond acceptors (Lipinski definition) is 4. The second-order valence-electron chi connectivity index (χ2n) is 4.80. The Morgan fingerprint density at radius 2 is 2.04 bits per heavy atom. The molecule has 0 aliphatic carbocycles. The first-order valence-corrected chi connectivity index (χ1v) is 7.62. The number of furan rings is 1. The summed E-state index contributed by atoms with van der Waals surface area (Å²) >= 11 is 11.9. The summed E-state index contributed by atoms with van der Waals surface area (Å²) in [5.74, 6) is 0.599. The summed E-state index contributed by atoms with van der Waals surface area (Å²) in [6.07, 6.45) is 2.11. The van der Waals surface area contributed by atoms with Gasteiger partial charge in [-0.1, -0.05) is 34.4 Å². The van der Waals surface area contributed by atoms with E-state index in [4.69, 9.17) is 32.1 Å². The molecule has 0 saturated heterocycles. The number of carbonyl (C=O) groups excluding carboxylic acids is 1. The molecule has 0 aliphatic heterocycles. The van der Waals surface area contributed by atoms with Crippen molar-refractivity contribution in [2.75, 3.05) is 6.54 Å². The number of nitrogens with zero attached hydrogens (tertiary/aromatic N) is 1. The maximum Gasteiger partial charge on any atom is 0.273 e. The van der Waals surface area contributed by atoms with Crippen LogP contribution in [0.3, 0.4) is 0 Å². The van der Waals surface area contributed by atoms with Crippen LogP contribution in [0.2, 0.25) is 10.0 Å². The van der Waals surface area contributed by atoms with E-state index in [1.807, 2.05) is 6.07 Å². The fraction of sp³-hybridized carbons (Fsp3) is 0.125. The van der Waals surface area contributed by atoms with Crippen LogP contribution in [0.25, 0.3) is 11.5 Å². The SMILES string of the molecule is O=C(NCCc1ccc(Cl)cc1Cl)c1cc(-c2ccco2)on1. The zero-order valence-corrected chi connectivity index (χ0v) is 13.4. The van der Waals surface area contributed by atoms with Gasteiger partial charge in [0.1, 0.15) is 0 Å². The van der Waals surface area contributed by atoms with Gasteiger partial charge in [-0.25, -0.2) is 0 Å². The van der Waals surface area contributed by atoms with Crippen molar-refractivity contribution < 1.29 is 13.7 Å². The molecular weight excluding hydrogens is 339 g/mol. The minimum absolute atomic E-state index is 0.193. The van der Waals surface area contributed by atoms with Crippen LogP contribution in [0.4, 0.5) is 0 Å².